The first-order chi connectivity index (χ1) is 14.6. The van der Waals surface area contributed by atoms with Crippen molar-refractivity contribution in [2.24, 2.45) is 0 Å². The average Bonchev–Trinajstić information content (AvgIpc) is 3.31. The van der Waals surface area contributed by atoms with E-state index in [1.54, 1.807) is 17.5 Å². The van der Waals surface area contributed by atoms with Gasteiger partial charge in [-0.3, -0.25) is 4.79 Å². The molecule has 3 heterocycles. The molecule has 1 amide bonds. The standard InChI is InChI=1S/C18H7BrClF5N4OS/c19-8-4-7(21)5-9(22)14(8)27-17(30)15-13(20)16-26-10(11-2-1-3-31-11)6-12(18(23,24)25)29(16)28-15/h1-6H,(H,27,30). The topological polar surface area (TPSA) is 59.3 Å². The number of thiophene rings is 1. The third kappa shape index (κ3) is 4.02. The van der Waals surface area contributed by atoms with Gasteiger partial charge in [0.15, 0.2) is 22.9 Å². The highest BCUT2D eigenvalue weighted by Crippen LogP contribution is 2.36. The van der Waals surface area contributed by atoms with E-state index in [2.05, 4.69) is 31.3 Å². The van der Waals surface area contributed by atoms with Crippen LogP contribution in [-0.2, 0) is 6.18 Å². The Bertz CT molecular complexity index is 1300. The van der Waals surface area contributed by atoms with Crippen LogP contribution in [-0.4, -0.2) is 20.5 Å². The van der Waals surface area contributed by atoms with Gasteiger partial charge in [-0.15, -0.1) is 11.3 Å². The molecule has 0 atom stereocenters. The second-order valence-corrected chi connectivity index (χ2v) is 8.28. The van der Waals surface area contributed by atoms with E-state index in [0.717, 1.165) is 12.1 Å². The third-order valence-corrected chi connectivity index (χ3v) is 5.92. The minimum Gasteiger partial charge on any atom is -0.317 e. The number of amides is 1. The van der Waals surface area contributed by atoms with Crippen LogP contribution in [0.25, 0.3) is 16.2 Å². The van der Waals surface area contributed by atoms with Crippen LogP contribution in [0.4, 0.5) is 27.6 Å². The maximum absolute atomic E-state index is 14.0. The summed E-state index contributed by atoms with van der Waals surface area (Å²) in [6.45, 7) is 0. The highest BCUT2D eigenvalue weighted by Gasteiger charge is 2.37. The molecule has 31 heavy (non-hydrogen) atoms. The van der Waals surface area contributed by atoms with Crippen molar-refractivity contribution in [1.29, 1.82) is 0 Å². The number of carbonyl (C=O) groups excluding carboxylic acids is 1. The molecule has 1 N–H and O–H groups in total. The third-order valence-electron chi connectivity index (χ3n) is 4.06. The van der Waals surface area contributed by atoms with Crippen LogP contribution in [0.1, 0.15) is 16.2 Å². The number of fused-ring (bicyclic) bond motifs is 1. The average molecular weight is 538 g/mol. The largest absolute Gasteiger partial charge is 0.433 e. The van der Waals surface area contributed by atoms with E-state index in [-0.39, 0.29) is 10.2 Å². The Morgan fingerprint density at radius 1 is 1.23 bits per heavy atom. The monoisotopic (exact) mass is 536 g/mol. The predicted octanol–water partition coefficient (Wildman–Crippen LogP) is 6.42. The number of nitrogens with one attached hydrogen (secondary N) is 1. The number of hydrogen-bond donors (Lipinski definition) is 1. The van der Waals surface area contributed by atoms with Gasteiger partial charge in [0.05, 0.1) is 16.3 Å². The quantitative estimate of drug-likeness (QED) is 0.307. The molecule has 0 saturated heterocycles. The Labute approximate surface area is 187 Å². The molecule has 5 nitrogen and oxygen atoms in total. The Hall–Kier alpha value is -2.57. The van der Waals surface area contributed by atoms with Crippen LogP contribution in [0.3, 0.4) is 0 Å². The molecule has 0 unspecified atom stereocenters. The van der Waals surface area contributed by atoms with E-state index in [9.17, 15) is 26.7 Å². The molecular formula is C18H7BrClF5N4OS. The van der Waals surface area contributed by atoms with Gasteiger partial charge in [-0.25, -0.2) is 18.3 Å². The molecule has 0 aliphatic rings. The van der Waals surface area contributed by atoms with Gasteiger partial charge >= 0.3 is 6.18 Å². The van der Waals surface area contributed by atoms with Crippen molar-refractivity contribution in [2.45, 2.75) is 6.18 Å². The van der Waals surface area contributed by atoms with Gasteiger partial charge in [0.25, 0.3) is 5.91 Å². The molecule has 4 aromatic rings. The number of rotatable bonds is 3. The maximum atomic E-state index is 14.0. The second-order valence-electron chi connectivity index (χ2n) is 6.10. The van der Waals surface area contributed by atoms with E-state index in [4.69, 9.17) is 11.6 Å². The van der Waals surface area contributed by atoms with E-state index >= 15 is 0 Å². The van der Waals surface area contributed by atoms with E-state index < -0.39 is 51.5 Å². The molecule has 0 saturated carbocycles. The molecule has 0 radical (unpaired) electrons. The highest BCUT2D eigenvalue weighted by atomic mass is 79.9. The second kappa shape index (κ2) is 7.84. The summed E-state index contributed by atoms with van der Waals surface area (Å²) in [7, 11) is 0. The number of aromatic nitrogens is 3. The number of halogens is 7. The number of carbonyl (C=O) groups is 1. The zero-order valence-corrected chi connectivity index (χ0v) is 17.9. The van der Waals surface area contributed by atoms with E-state index in [1.807, 2.05) is 0 Å². The number of alkyl halides is 3. The van der Waals surface area contributed by atoms with Crippen molar-refractivity contribution in [1.82, 2.24) is 14.6 Å². The fourth-order valence-electron chi connectivity index (χ4n) is 2.72. The van der Waals surface area contributed by atoms with Gasteiger partial charge < -0.3 is 5.32 Å². The minimum absolute atomic E-state index is 0.00379. The van der Waals surface area contributed by atoms with Crippen LogP contribution in [0.5, 0.6) is 0 Å². The van der Waals surface area contributed by atoms with Crippen molar-refractivity contribution < 1.29 is 26.7 Å². The molecule has 3 aromatic heterocycles. The maximum Gasteiger partial charge on any atom is 0.433 e. The molecule has 0 aliphatic heterocycles. The Morgan fingerprint density at radius 2 is 1.97 bits per heavy atom. The molecule has 0 bridgehead atoms. The van der Waals surface area contributed by atoms with Gasteiger partial charge in [-0.2, -0.15) is 18.3 Å². The fraction of sp³-hybridized carbons (Fsp3) is 0.0556. The molecule has 4 rings (SSSR count). The first-order valence-electron chi connectivity index (χ1n) is 8.22. The van der Waals surface area contributed by atoms with Gasteiger partial charge in [-0.05, 0) is 39.5 Å². The predicted molar refractivity (Wildman–Crippen MR) is 108 cm³/mol. The summed E-state index contributed by atoms with van der Waals surface area (Å²) in [5, 5.41) is 6.99. The number of hydrogen-bond acceptors (Lipinski definition) is 4. The number of anilines is 1. The van der Waals surface area contributed by atoms with Crippen LogP contribution >= 0.6 is 38.9 Å². The SMILES string of the molecule is O=C(Nc1c(F)cc(F)cc1Br)c1nn2c(C(F)(F)F)cc(-c3cccs3)nc2c1Cl. The lowest BCUT2D eigenvalue weighted by Gasteiger charge is -2.10. The van der Waals surface area contributed by atoms with Crippen molar-refractivity contribution in [2.75, 3.05) is 5.32 Å². The number of benzene rings is 1. The van der Waals surface area contributed by atoms with E-state index in [1.165, 1.54) is 11.3 Å². The van der Waals surface area contributed by atoms with Gasteiger partial charge in [0, 0.05) is 10.5 Å². The van der Waals surface area contributed by atoms with Crippen LogP contribution in [0.2, 0.25) is 5.02 Å². The van der Waals surface area contributed by atoms with Crippen molar-refractivity contribution in [3.63, 3.8) is 0 Å². The van der Waals surface area contributed by atoms with Crippen LogP contribution in [0.15, 0.2) is 40.2 Å². The fourth-order valence-corrected chi connectivity index (χ4v) is 4.16. The minimum atomic E-state index is -4.83. The lowest BCUT2D eigenvalue weighted by Crippen LogP contribution is -2.16. The van der Waals surface area contributed by atoms with Gasteiger partial charge in [0.1, 0.15) is 10.8 Å². The summed E-state index contributed by atoms with van der Waals surface area (Å²) in [6.07, 6.45) is -4.83. The molecule has 160 valence electrons. The van der Waals surface area contributed by atoms with Crippen LogP contribution in [0, 0.1) is 11.6 Å². The van der Waals surface area contributed by atoms with Crippen LogP contribution < -0.4 is 5.32 Å². The summed E-state index contributed by atoms with van der Waals surface area (Å²) >= 11 is 10.2. The van der Waals surface area contributed by atoms with Crippen molar-refractivity contribution >= 4 is 56.1 Å². The number of nitrogens with zero attached hydrogens (tertiary/aromatic N) is 3. The van der Waals surface area contributed by atoms with E-state index in [0.29, 0.717) is 15.5 Å². The summed E-state index contributed by atoms with van der Waals surface area (Å²) in [5.41, 5.74) is -2.64. The lowest BCUT2D eigenvalue weighted by molar-refractivity contribution is -0.142. The Kier molecular flexibility index (Phi) is 5.48. The molecular weight excluding hydrogens is 531 g/mol. The van der Waals surface area contributed by atoms with Gasteiger partial charge in [0.2, 0.25) is 0 Å². The normalized spacial score (nSPS) is 11.8. The summed E-state index contributed by atoms with van der Waals surface area (Å²) in [4.78, 5) is 17.2. The highest BCUT2D eigenvalue weighted by molar-refractivity contribution is 9.10. The van der Waals surface area contributed by atoms with Crippen molar-refractivity contribution in [3.05, 3.63) is 68.2 Å². The smallest absolute Gasteiger partial charge is 0.317 e. The Morgan fingerprint density at radius 3 is 2.58 bits per heavy atom. The van der Waals surface area contributed by atoms with Crippen molar-refractivity contribution in [3.8, 4) is 10.6 Å². The summed E-state index contributed by atoms with van der Waals surface area (Å²) in [6, 6.07) is 5.45. The molecule has 13 heteroatoms. The Balaban J connectivity index is 1.85. The first-order valence-corrected chi connectivity index (χ1v) is 10.3. The zero-order chi connectivity index (χ0) is 22.5. The van der Waals surface area contributed by atoms with Gasteiger partial charge in [-0.1, -0.05) is 17.7 Å². The molecule has 0 fully saturated rings. The molecule has 0 aliphatic carbocycles. The summed E-state index contributed by atoms with van der Waals surface area (Å²) < 4.78 is 68.5. The first kappa shape index (κ1) is 21.7. The zero-order valence-electron chi connectivity index (χ0n) is 14.8. The summed E-state index contributed by atoms with van der Waals surface area (Å²) in [5.74, 6) is -3.10. The molecule has 0 spiro atoms. The lowest BCUT2D eigenvalue weighted by atomic mass is 10.2. The molecule has 1 aromatic carbocycles.